The smallest absolute Gasteiger partial charge is 0.310 e. The first-order chi connectivity index (χ1) is 13.1. The molecule has 2 aliphatic heterocycles. The van der Waals surface area contributed by atoms with Crippen LogP contribution in [0.15, 0.2) is 27.8 Å². The standard InChI is InChI=1S/C20H32N4O3.HI/c1-15-13-24(14-16(15)19(25)26-3)20(21-2)22-12-17(18-8-7-11-27-18)23-9-5-4-6-10-23;/h7-8,11,15-17H,4-6,9-10,12-14H2,1-3H3,(H,21,22);1H. The average Bonchev–Trinajstić information content (AvgIpc) is 3.35. The molecule has 2 aliphatic rings. The number of methoxy groups -OCH3 is 1. The molecule has 0 amide bonds. The van der Waals surface area contributed by atoms with Crippen LogP contribution in [0.2, 0.25) is 0 Å². The highest BCUT2D eigenvalue weighted by molar-refractivity contribution is 14.0. The summed E-state index contributed by atoms with van der Waals surface area (Å²) in [6, 6.07) is 4.19. The van der Waals surface area contributed by atoms with E-state index in [4.69, 9.17) is 9.15 Å². The number of hydrogen-bond donors (Lipinski definition) is 1. The first-order valence-corrected chi connectivity index (χ1v) is 9.95. The summed E-state index contributed by atoms with van der Waals surface area (Å²) in [5.74, 6) is 1.83. The second-order valence-electron chi connectivity index (χ2n) is 7.57. The Balaban J connectivity index is 0.00000280. The number of rotatable bonds is 5. The van der Waals surface area contributed by atoms with Gasteiger partial charge in [-0.25, -0.2) is 0 Å². The summed E-state index contributed by atoms with van der Waals surface area (Å²) in [4.78, 5) is 21.1. The third kappa shape index (κ3) is 5.40. The van der Waals surface area contributed by atoms with Gasteiger partial charge in [0.15, 0.2) is 5.96 Å². The molecule has 0 spiro atoms. The molecule has 0 aromatic carbocycles. The molecule has 3 unspecified atom stereocenters. The van der Waals surface area contributed by atoms with Crippen molar-refractivity contribution in [2.45, 2.75) is 32.2 Å². The van der Waals surface area contributed by atoms with Crippen LogP contribution in [0.25, 0.3) is 0 Å². The van der Waals surface area contributed by atoms with E-state index >= 15 is 0 Å². The molecule has 0 bridgehead atoms. The molecule has 0 aliphatic carbocycles. The molecule has 1 aromatic heterocycles. The summed E-state index contributed by atoms with van der Waals surface area (Å²) in [5, 5.41) is 3.52. The van der Waals surface area contributed by atoms with Crippen molar-refractivity contribution in [1.82, 2.24) is 15.1 Å². The number of hydrogen-bond acceptors (Lipinski definition) is 5. The van der Waals surface area contributed by atoms with Crippen LogP contribution in [-0.4, -0.2) is 68.6 Å². The van der Waals surface area contributed by atoms with E-state index in [1.165, 1.54) is 26.4 Å². The lowest BCUT2D eigenvalue weighted by Crippen LogP contribution is -2.45. The van der Waals surface area contributed by atoms with Gasteiger partial charge in [-0.1, -0.05) is 13.3 Å². The number of guanidine groups is 1. The lowest BCUT2D eigenvalue weighted by molar-refractivity contribution is -0.145. The number of ether oxygens (including phenoxy) is 1. The Kier molecular flexibility index (Phi) is 9.07. The van der Waals surface area contributed by atoms with E-state index < -0.39 is 0 Å². The normalized spacial score (nSPS) is 24.5. The summed E-state index contributed by atoms with van der Waals surface area (Å²) >= 11 is 0. The second kappa shape index (κ2) is 11.0. The third-order valence-electron chi connectivity index (χ3n) is 5.78. The molecule has 0 saturated carbocycles. The molecule has 1 N–H and O–H groups in total. The average molecular weight is 504 g/mol. The van der Waals surface area contributed by atoms with Crippen molar-refractivity contribution in [3.63, 3.8) is 0 Å². The molecule has 2 saturated heterocycles. The van der Waals surface area contributed by atoms with Crippen molar-refractivity contribution in [1.29, 1.82) is 0 Å². The predicted molar refractivity (Wildman–Crippen MR) is 120 cm³/mol. The van der Waals surface area contributed by atoms with Crippen LogP contribution >= 0.6 is 24.0 Å². The van der Waals surface area contributed by atoms with Crippen LogP contribution in [0.3, 0.4) is 0 Å². The summed E-state index contributed by atoms with van der Waals surface area (Å²) in [7, 11) is 3.25. The van der Waals surface area contributed by atoms with Crippen molar-refractivity contribution in [2.75, 3.05) is 46.9 Å². The maximum Gasteiger partial charge on any atom is 0.310 e. The van der Waals surface area contributed by atoms with Gasteiger partial charge in [0.25, 0.3) is 0 Å². The summed E-state index contributed by atoms with van der Waals surface area (Å²) < 4.78 is 10.7. The van der Waals surface area contributed by atoms with Crippen molar-refractivity contribution in [2.24, 2.45) is 16.8 Å². The molecule has 0 radical (unpaired) electrons. The minimum absolute atomic E-state index is 0. The zero-order chi connectivity index (χ0) is 19.2. The largest absolute Gasteiger partial charge is 0.469 e. The Morgan fingerprint density at radius 3 is 2.71 bits per heavy atom. The molecule has 3 heterocycles. The van der Waals surface area contributed by atoms with Crippen LogP contribution in [0.4, 0.5) is 0 Å². The number of esters is 1. The molecule has 8 heteroatoms. The number of likely N-dealkylation sites (tertiary alicyclic amines) is 2. The molecule has 158 valence electrons. The van der Waals surface area contributed by atoms with Crippen LogP contribution in [-0.2, 0) is 9.53 Å². The molecule has 2 fully saturated rings. The third-order valence-corrected chi connectivity index (χ3v) is 5.78. The van der Waals surface area contributed by atoms with Gasteiger partial charge in [0.05, 0.1) is 25.3 Å². The second-order valence-corrected chi connectivity index (χ2v) is 7.57. The number of carbonyl (C=O) groups excluding carboxylic acids is 1. The molecule has 1 aromatic rings. The van der Waals surface area contributed by atoms with E-state index in [9.17, 15) is 4.79 Å². The van der Waals surface area contributed by atoms with Gasteiger partial charge in [0.2, 0.25) is 0 Å². The number of nitrogens with one attached hydrogen (secondary N) is 1. The molecule has 3 rings (SSSR count). The molecule has 28 heavy (non-hydrogen) atoms. The van der Waals surface area contributed by atoms with Crippen molar-refractivity contribution in [3.05, 3.63) is 24.2 Å². The van der Waals surface area contributed by atoms with E-state index in [-0.39, 0.29) is 47.8 Å². The number of halogens is 1. The summed E-state index contributed by atoms with van der Waals surface area (Å²) in [5.41, 5.74) is 0. The van der Waals surface area contributed by atoms with Gasteiger partial charge in [-0.15, -0.1) is 24.0 Å². The van der Waals surface area contributed by atoms with Gasteiger partial charge < -0.3 is 19.4 Å². The number of carbonyl (C=O) groups is 1. The van der Waals surface area contributed by atoms with Crippen molar-refractivity contribution < 1.29 is 13.9 Å². The van der Waals surface area contributed by atoms with Crippen LogP contribution in [0.1, 0.15) is 38.0 Å². The molecule has 7 nitrogen and oxygen atoms in total. The molecule has 3 atom stereocenters. The summed E-state index contributed by atoms with van der Waals surface area (Å²) in [6.45, 7) is 6.45. The SMILES string of the molecule is CN=C(NCC(c1ccco1)N1CCCCC1)N1CC(C)C(C(=O)OC)C1.I. The predicted octanol–water partition coefficient (Wildman–Crippen LogP) is 2.74. The quantitative estimate of drug-likeness (QED) is 0.288. The van der Waals surface area contributed by atoms with Gasteiger partial charge in [-0.2, -0.15) is 0 Å². The van der Waals surface area contributed by atoms with E-state index in [0.29, 0.717) is 6.54 Å². The van der Waals surface area contributed by atoms with Crippen LogP contribution in [0, 0.1) is 11.8 Å². The monoisotopic (exact) mass is 504 g/mol. The Labute approximate surface area is 184 Å². The number of nitrogens with zero attached hydrogens (tertiary/aromatic N) is 3. The topological polar surface area (TPSA) is 70.3 Å². The zero-order valence-electron chi connectivity index (χ0n) is 17.1. The molecular weight excluding hydrogens is 471 g/mol. The van der Waals surface area contributed by atoms with E-state index in [1.807, 2.05) is 6.07 Å². The van der Waals surface area contributed by atoms with Gasteiger partial charge in [-0.05, 0) is 44.0 Å². The maximum absolute atomic E-state index is 12.0. The van der Waals surface area contributed by atoms with E-state index in [2.05, 4.69) is 33.1 Å². The van der Waals surface area contributed by atoms with Crippen LogP contribution < -0.4 is 5.32 Å². The van der Waals surface area contributed by atoms with Crippen molar-refractivity contribution >= 4 is 35.9 Å². The van der Waals surface area contributed by atoms with E-state index in [0.717, 1.165) is 37.9 Å². The Morgan fingerprint density at radius 2 is 2.11 bits per heavy atom. The van der Waals surface area contributed by atoms with Gasteiger partial charge >= 0.3 is 5.97 Å². The van der Waals surface area contributed by atoms with E-state index in [1.54, 1.807) is 13.3 Å². The fourth-order valence-electron chi connectivity index (χ4n) is 4.24. The fraction of sp³-hybridized carbons (Fsp3) is 0.700. The van der Waals surface area contributed by atoms with Gasteiger partial charge in [0, 0.05) is 26.7 Å². The first-order valence-electron chi connectivity index (χ1n) is 9.95. The highest BCUT2D eigenvalue weighted by Gasteiger charge is 2.37. The summed E-state index contributed by atoms with van der Waals surface area (Å²) in [6.07, 6.45) is 5.51. The lowest BCUT2D eigenvalue weighted by atomic mass is 9.99. The van der Waals surface area contributed by atoms with Crippen LogP contribution in [0.5, 0.6) is 0 Å². The minimum atomic E-state index is -0.137. The van der Waals surface area contributed by atoms with Crippen molar-refractivity contribution in [3.8, 4) is 0 Å². The fourth-order valence-corrected chi connectivity index (χ4v) is 4.24. The maximum atomic E-state index is 12.0. The van der Waals surface area contributed by atoms with Gasteiger partial charge in [-0.3, -0.25) is 14.7 Å². The number of aliphatic imine (C=N–C) groups is 1. The highest BCUT2D eigenvalue weighted by Crippen LogP contribution is 2.26. The molecular formula is C20H33IN4O3. The minimum Gasteiger partial charge on any atom is -0.469 e. The Morgan fingerprint density at radius 1 is 1.36 bits per heavy atom. The first kappa shape index (κ1) is 23.0. The lowest BCUT2D eigenvalue weighted by Gasteiger charge is -2.34. The Bertz CT molecular complexity index is 631. The number of piperidine rings is 1. The highest BCUT2D eigenvalue weighted by atomic mass is 127. The van der Waals surface area contributed by atoms with Gasteiger partial charge in [0.1, 0.15) is 5.76 Å². The number of furan rings is 1. The zero-order valence-corrected chi connectivity index (χ0v) is 19.4. The Hall–Kier alpha value is -1.29.